The number of methoxy groups -OCH3 is 1. The number of ether oxygens (including phenoxy) is 2. The molecule has 0 aliphatic carbocycles. The van der Waals surface area contributed by atoms with Gasteiger partial charge in [-0.3, -0.25) is 8.75 Å². The van der Waals surface area contributed by atoms with E-state index in [2.05, 4.69) is 5.32 Å². The van der Waals surface area contributed by atoms with Crippen LogP contribution in [0, 0.1) is 0 Å². The summed E-state index contributed by atoms with van der Waals surface area (Å²) in [4.78, 5) is 12.1. The molecule has 1 amide bonds. The van der Waals surface area contributed by atoms with Crippen LogP contribution < -0.4 is 10.1 Å². The van der Waals surface area contributed by atoms with Crippen molar-refractivity contribution in [3.05, 3.63) is 29.8 Å². The summed E-state index contributed by atoms with van der Waals surface area (Å²) < 4.78 is 63.0. The van der Waals surface area contributed by atoms with Gasteiger partial charge in [0.1, 0.15) is 5.75 Å². The van der Waals surface area contributed by atoms with Crippen molar-refractivity contribution in [1.82, 2.24) is 5.32 Å². The Morgan fingerprint density at radius 2 is 1.62 bits per heavy atom. The highest BCUT2D eigenvalue weighted by molar-refractivity contribution is 7.86. The van der Waals surface area contributed by atoms with Crippen LogP contribution in [0.4, 0.5) is 4.79 Å². The molecule has 0 fully saturated rings. The molecule has 0 aromatic heterocycles. The highest BCUT2D eigenvalue weighted by Crippen LogP contribution is 2.57. The van der Waals surface area contributed by atoms with Crippen LogP contribution in [0.5, 0.6) is 5.75 Å². The largest absolute Gasteiger partial charge is 0.497 e. The van der Waals surface area contributed by atoms with Crippen molar-refractivity contribution in [2.45, 2.75) is 32.7 Å². The van der Waals surface area contributed by atoms with E-state index in [1.165, 1.54) is 7.11 Å². The minimum atomic E-state index is -4.14. The minimum Gasteiger partial charge on any atom is -0.497 e. The molecule has 1 N–H and O–H groups in total. The van der Waals surface area contributed by atoms with Crippen molar-refractivity contribution in [3.63, 3.8) is 0 Å². The molecular weight excluding hydrogens is 425 g/mol. The second-order valence-corrected chi connectivity index (χ2v) is 9.39. The van der Waals surface area contributed by atoms with Crippen molar-refractivity contribution in [1.29, 1.82) is 0 Å². The standard InChI is InChI=1S/C17H28NO9PS/c1-6-24-17(19)18-15(13-9-11-14(23-4)12-10-13)16(27-29(5,21)22)28(20,25-7-2)26-8-3/h9-12,15-16H,6-8H2,1-5H3,(H,18,19)/t15-,16-/m0/s1. The molecule has 166 valence electrons. The zero-order chi connectivity index (χ0) is 22.1. The average molecular weight is 453 g/mol. The van der Waals surface area contributed by atoms with Gasteiger partial charge >= 0.3 is 13.7 Å². The zero-order valence-electron chi connectivity index (χ0n) is 17.1. The molecule has 0 saturated heterocycles. The lowest BCUT2D eigenvalue weighted by molar-refractivity contribution is 0.123. The van der Waals surface area contributed by atoms with E-state index in [1.54, 1.807) is 45.0 Å². The van der Waals surface area contributed by atoms with Crippen LogP contribution in [0.3, 0.4) is 0 Å². The number of hydrogen-bond acceptors (Lipinski definition) is 9. The maximum atomic E-state index is 13.4. The van der Waals surface area contributed by atoms with Gasteiger partial charge in [0.15, 0.2) is 0 Å². The van der Waals surface area contributed by atoms with E-state index in [0.717, 1.165) is 6.26 Å². The number of rotatable bonds is 12. The maximum absolute atomic E-state index is 13.4. The van der Waals surface area contributed by atoms with Crippen molar-refractivity contribution in [2.75, 3.05) is 33.2 Å². The molecule has 0 radical (unpaired) electrons. The van der Waals surface area contributed by atoms with Crippen molar-refractivity contribution < 1.29 is 40.5 Å². The van der Waals surface area contributed by atoms with Crippen LogP contribution in [0.25, 0.3) is 0 Å². The van der Waals surface area contributed by atoms with Gasteiger partial charge in [0.2, 0.25) is 5.85 Å². The second-order valence-electron chi connectivity index (χ2n) is 5.68. The topological polar surface area (TPSA) is 126 Å². The van der Waals surface area contributed by atoms with Crippen molar-refractivity contribution in [3.8, 4) is 5.75 Å². The molecule has 1 rings (SSSR count). The van der Waals surface area contributed by atoms with Gasteiger partial charge in [0.25, 0.3) is 10.1 Å². The Morgan fingerprint density at radius 3 is 2.03 bits per heavy atom. The first-order chi connectivity index (χ1) is 13.6. The van der Waals surface area contributed by atoms with E-state index >= 15 is 0 Å². The van der Waals surface area contributed by atoms with Crippen LogP contribution in [-0.2, 0) is 32.7 Å². The van der Waals surface area contributed by atoms with Crippen LogP contribution in [0.1, 0.15) is 32.4 Å². The fourth-order valence-corrected chi connectivity index (χ4v) is 5.50. The van der Waals surface area contributed by atoms with Crippen molar-refractivity contribution >= 4 is 23.8 Å². The van der Waals surface area contributed by atoms with Gasteiger partial charge in [-0.15, -0.1) is 0 Å². The van der Waals surface area contributed by atoms with Gasteiger partial charge < -0.3 is 23.8 Å². The molecule has 0 unspecified atom stereocenters. The summed E-state index contributed by atoms with van der Waals surface area (Å²) in [7, 11) is -6.77. The first-order valence-corrected chi connectivity index (χ1v) is 12.4. The molecule has 29 heavy (non-hydrogen) atoms. The van der Waals surface area contributed by atoms with Crippen LogP contribution in [-0.4, -0.2) is 53.5 Å². The second kappa shape index (κ2) is 11.5. The summed E-state index contributed by atoms with van der Waals surface area (Å²) in [6, 6.07) is 5.10. The molecule has 2 atom stereocenters. The van der Waals surface area contributed by atoms with E-state index in [0.29, 0.717) is 11.3 Å². The molecule has 10 nitrogen and oxygen atoms in total. The fraction of sp³-hybridized carbons (Fsp3) is 0.588. The summed E-state index contributed by atoms with van der Waals surface area (Å²) >= 11 is 0. The molecule has 12 heteroatoms. The van der Waals surface area contributed by atoms with Gasteiger partial charge in [-0.1, -0.05) is 12.1 Å². The van der Waals surface area contributed by atoms with Crippen molar-refractivity contribution in [2.24, 2.45) is 0 Å². The lowest BCUT2D eigenvalue weighted by Gasteiger charge is -2.32. The Hall–Kier alpha value is -1.65. The highest BCUT2D eigenvalue weighted by atomic mass is 32.2. The molecule has 0 bridgehead atoms. The van der Waals surface area contributed by atoms with Crippen LogP contribution >= 0.6 is 7.60 Å². The predicted molar refractivity (Wildman–Crippen MR) is 106 cm³/mol. The zero-order valence-corrected chi connectivity index (χ0v) is 18.8. The smallest absolute Gasteiger partial charge is 0.407 e. The number of carbonyl (C=O) groups is 1. The van der Waals surface area contributed by atoms with Gasteiger partial charge in [-0.25, -0.2) is 4.79 Å². The summed E-state index contributed by atoms with van der Waals surface area (Å²) in [6.45, 7) is 4.77. The average Bonchev–Trinajstić information content (AvgIpc) is 2.64. The third-order valence-electron chi connectivity index (χ3n) is 3.51. The summed E-state index contributed by atoms with van der Waals surface area (Å²) in [5.41, 5.74) is 0.382. The third kappa shape index (κ3) is 7.94. The van der Waals surface area contributed by atoms with E-state index in [-0.39, 0.29) is 19.8 Å². The molecular formula is C17H28NO9PS. The van der Waals surface area contributed by atoms with Crippen LogP contribution in [0.15, 0.2) is 24.3 Å². The summed E-state index contributed by atoms with van der Waals surface area (Å²) in [6.07, 6.45) is -0.0486. The fourth-order valence-electron chi connectivity index (χ4n) is 2.44. The molecule has 1 aromatic carbocycles. The molecule has 0 saturated carbocycles. The number of amides is 1. The number of hydrogen-bond donors (Lipinski definition) is 1. The van der Waals surface area contributed by atoms with Gasteiger partial charge in [0, 0.05) is 0 Å². The number of carbonyl (C=O) groups excluding carboxylic acids is 1. The SMILES string of the molecule is CCOC(=O)N[C@@H](c1ccc(OC)cc1)[C@@H](OS(C)(=O)=O)P(=O)(OCC)OCC. The summed E-state index contributed by atoms with van der Waals surface area (Å²) in [5, 5.41) is 2.49. The minimum absolute atomic E-state index is 0.0321. The van der Waals surface area contributed by atoms with E-state index < -0.39 is 35.7 Å². The molecule has 0 aliphatic rings. The quantitative estimate of drug-likeness (QED) is 0.375. The predicted octanol–water partition coefficient (Wildman–Crippen LogP) is 3.05. The Kier molecular flexibility index (Phi) is 10.1. The molecule has 1 aromatic rings. The Morgan fingerprint density at radius 1 is 1.07 bits per heavy atom. The molecule has 0 spiro atoms. The number of benzene rings is 1. The normalized spacial score (nSPS) is 14.1. The number of alkyl carbamates (subject to hydrolysis) is 1. The Bertz CT molecular complexity index is 788. The molecule has 0 heterocycles. The Labute approximate surface area is 171 Å². The monoisotopic (exact) mass is 453 g/mol. The Balaban J connectivity index is 3.53. The lowest BCUT2D eigenvalue weighted by atomic mass is 10.1. The first kappa shape index (κ1) is 25.4. The molecule has 0 aliphatic heterocycles. The number of nitrogens with one attached hydrogen (secondary N) is 1. The van der Waals surface area contributed by atoms with E-state index in [9.17, 15) is 17.8 Å². The third-order valence-corrected chi connectivity index (χ3v) is 6.47. The van der Waals surface area contributed by atoms with E-state index in [1.807, 2.05) is 0 Å². The van der Waals surface area contributed by atoms with E-state index in [4.69, 9.17) is 22.7 Å². The summed E-state index contributed by atoms with van der Waals surface area (Å²) in [5.74, 6) is -1.16. The van der Waals surface area contributed by atoms with Gasteiger partial charge in [-0.05, 0) is 38.5 Å². The maximum Gasteiger partial charge on any atom is 0.407 e. The van der Waals surface area contributed by atoms with Crippen LogP contribution in [0.2, 0.25) is 0 Å². The lowest BCUT2D eigenvalue weighted by Crippen LogP contribution is -2.39. The first-order valence-electron chi connectivity index (χ1n) is 8.94. The highest BCUT2D eigenvalue weighted by Gasteiger charge is 2.46. The van der Waals surface area contributed by atoms with Gasteiger partial charge in [0.05, 0.1) is 39.2 Å². The van der Waals surface area contributed by atoms with Gasteiger partial charge in [-0.2, -0.15) is 8.42 Å².